The number of likely N-dealkylation sites (tertiary alicyclic amines) is 1. The smallest absolute Gasteiger partial charge is 0.233 e. The van der Waals surface area contributed by atoms with Crippen LogP contribution in [0, 0.1) is 29.6 Å². The molecule has 8 nitrogen and oxygen atoms in total. The van der Waals surface area contributed by atoms with E-state index in [2.05, 4.69) is 17.5 Å². The summed E-state index contributed by atoms with van der Waals surface area (Å²) >= 11 is 0. The Kier molecular flexibility index (Phi) is 7.32. The standard InChI is InChI=1S/C23H30N2O6/c26-21(16-3-1-2-4-16)24-7-9-29-11-13-31-14-12-30-10-8-25-22(27)19-17-5-6-18(15-17)20(19)23(25)28/h1-6,16-20H,7-15H2,(H,24,26). The Morgan fingerprint density at radius 2 is 1.39 bits per heavy atom. The van der Waals surface area contributed by atoms with Crippen molar-refractivity contribution in [2.45, 2.75) is 6.42 Å². The number of carbonyl (C=O) groups excluding carboxylic acids is 3. The van der Waals surface area contributed by atoms with Crippen molar-refractivity contribution in [2.24, 2.45) is 29.6 Å². The van der Waals surface area contributed by atoms with Crippen molar-refractivity contribution in [1.82, 2.24) is 10.2 Å². The van der Waals surface area contributed by atoms with Gasteiger partial charge < -0.3 is 19.5 Å². The molecule has 0 radical (unpaired) electrons. The molecule has 31 heavy (non-hydrogen) atoms. The van der Waals surface area contributed by atoms with Gasteiger partial charge in [0.15, 0.2) is 0 Å². The van der Waals surface area contributed by atoms with Crippen LogP contribution in [0.3, 0.4) is 0 Å². The Hall–Kier alpha value is -2.29. The quantitative estimate of drug-likeness (QED) is 0.263. The van der Waals surface area contributed by atoms with Gasteiger partial charge >= 0.3 is 0 Å². The second-order valence-electron chi connectivity index (χ2n) is 8.25. The molecule has 2 bridgehead atoms. The minimum atomic E-state index is -0.170. The molecule has 4 atom stereocenters. The number of nitrogens with zero attached hydrogens (tertiary/aromatic N) is 1. The van der Waals surface area contributed by atoms with E-state index in [4.69, 9.17) is 14.2 Å². The van der Waals surface area contributed by atoms with Crippen LogP contribution in [0.2, 0.25) is 0 Å². The van der Waals surface area contributed by atoms with Crippen molar-refractivity contribution in [3.05, 3.63) is 36.5 Å². The van der Waals surface area contributed by atoms with Gasteiger partial charge in [-0.15, -0.1) is 0 Å². The van der Waals surface area contributed by atoms with Crippen molar-refractivity contribution in [2.75, 3.05) is 52.7 Å². The number of rotatable bonds is 13. The van der Waals surface area contributed by atoms with Gasteiger partial charge in [0.25, 0.3) is 0 Å². The van der Waals surface area contributed by atoms with Crippen LogP contribution in [-0.2, 0) is 28.6 Å². The average Bonchev–Trinajstić information content (AvgIpc) is 3.55. The summed E-state index contributed by atoms with van der Waals surface area (Å²) in [5.41, 5.74) is 0. The summed E-state index contributed by atoms with van der Waals surface area (Å²) in [5, 5.41) is 2.82. The zero-order valence-electron chi connectivity index (χ0n) is 17.6. The first-order valence-electron chi connectivity index (χ1n) is 11.1. The first-order valence-corrected chi connectivity index (χ1v) is 11.1. The van der Waals surface area contributed by atoms with Crippen molar-refractivity contribution in [3.8, 4) is 0 Å². The minimum absolute atomic E-state index is 0.0217. The molecule has 4 aliphatic rings. The first-order chi connectivity index (χ1) is 15.2. The Balaban J connectivity index is 0.969. The highest BCUT2D eigenvalue weighted by Gasteiger charge is 2.58. The van der Waals surface area contributed by atoms with Crippen molar-refractivity contribution in [3.63, 3.8) is 0 Å². The van der Waals surface area contributed by atoms with Gasteiger partial charge in [-0.2, -0.15) is 0 Å². The SMILES string of the molecule is O=C(NCCOCCOCCOCCN1C(=O)C2C3C=CC(C3)C2C1=O)C1C=CC=C1. The highest BCUT2D eigenvalue weighted by atomic mass is 16.5. The molecule has 2 fully saturated rings. The molecule has 0 aromatic rings. The predicted molar refractivity (Wildman–Crippen MR) is 112 cm³/mol. The van der Waals surface area contributed by atoms with Gasteiger partial charge in [0.05, 0.1) is 63.9 Å². The lowest BCUT2D eigenvalue weighted by atomic mass is 9.85. The molecule has 8 heteroatoms. The number of fused-ring (bicyclic) bond motifs is 5. The van der Waals surface area contributed by atoms with Gasteiger partial charge in [-0.05, 0) is 18.3 Å². The Bertz CT molecular complexity index is 734. The molecule has 0 aromatic heterocycles. The van der Waals surface area contributed by atoms with E-state index in [1.165, 1.54) is 4.90 Å². The van der Waals surface area contributed by atoms with E-state index in [1.807, 2.05) is 24.3 Å². The van der Waals surface area contributed by atoms with Crippen LogP contribution in [0.25, 0.3) is 0 Å². The molecule has 0 aromatic carbocycles. The van der Waals surface area contributed by atoms with Crippen LogP contribution < -0.4 is 5.32 Å². The molecule has 4 unspecified atom stereocenters. The van der Waals surface area contributed by atoms with E-state index in [1.54, 1.807) is 0 Å². The van der Waals surface area contributed by atoms with Crippen LogP contribution in [0.1, 0.15) is 6.42 Å². The van der Waals surface area contributed by atoms with E-state index < -0.39 is 0 Å². The van der Waals surface area contributed by atoms with Gasteiger partial charge in [0.2, 0.25) is 17.7 Å². The summed E-state index contributed by atoms with van der Waals surface area (Å²) in [6.07, 6.45) is 12.6. The van der Waals surface area contributed by atoms with Crippen LogP contribution in [0.5, 0.6) is 0 Å². The van der Waals surface area contributed by atoms with Crippen LogP contribution in [0.15, 0.2) is 36.5 Å². The van der Waals surface area contributed by atoms with Crippen LogP contribution >= 0.6 is 0 Å². The third-order valence-electron chi connectivity index (χ3n) is 6.36. The zero-order chi connectivity index (χ0) is 21.6. The maximum atomic E-state index is 12.6. The van der Waals surface area contributed by atoms with Gasteiger partial charge in [-0.1, -0.05) is 36.5 Å². The molecule has 1 N–H and O–H groups in total. The largest absolute Gasteiger partial charge is 0.377 e. The molecule has 168 valence electrons. The maximum Gasteiger partial charge on any atom is 0.233 e. The number of ether oxygens (including phenoxy) is 3. The highest BCUT2D eigenvalue weighted by Crippen LogP contribution is 2.52. The number of amides is 3. The van der Waals surface area contributed by atoms with Gasteiger partial charge in [-0.3, -0.25) is 19.3 Å². The number of nitrogens with one attached hydrogen (secondary N) is 1. The number of hydrogen-bond acceptors (Lipinski definition) is 6. The van der Waals surface area contributed by atoms with Crippen LogP contribution in [-0.4, -0.2) is 75.4 Å². The molecule has 1 aliphatic heterocycles. The summed E-state index contributed by atoms with van der Waals surface area (Å²) in [5.74, 6) is -0.0569. The van der Waals surface area contributed by atoms with E-state index in [0.29, 0.717) is 52.7 Å². The second-order valence-corrected chi connectivity index (χ2v) is 8.25. The molecule has 1 saturated heterocycles. The summed E-state index contributed by atoms with van der Waals surface area (Å²) < 4.78 is 16.4. The lowest BCUT2D eigenvalue weighted by molar-refractivity contribution is -0.141. The fourth-order valence-electron chi connectivity index (χ4n) is 4.85. The molecule has 1 saturated carbocycles. The molecular weight excluding hydrogens is 400 g/mol. The topological polar surface area (TPSA) is 94.2 Å². The monoisotopic (exact) mass is 430 g/mol. The van der Waals surface area contributed by atoms with E-state index in [9.17, 15) is 14.4 Å². The summed E-state index contributed by atoms with van der Waals surface area (Å²) in [7, 11) is 0. The van der Waals surface area contributed by atoms with E-state index in [0.717, 1.165) is 6.42 Å². The van der Waals surface area contributed by atoms with Gasteiger partial charge in [0.1, 0.15) is 0 Å². The van der Waals surface area contributed by atoms with E-state index in [-0.39, 0.29) is 47.3 Å². The summed E-state index contributed by atoms with van der Waals surface area (Å²) in [6, 6.07) is 0. The van der Waals surface area contributed by atoms with E-state index >= 15 is 0 Å². The number of carbonyl (C=O) groups is 3. The maximum absolute atomic E-state index is 12.6. The van der Waals surface area contributed by atoms with Crippen molar-refractivity contribution in [1.29, 1.82) is 0 Å². The van der Waals surface area contributed by atoms with Crippen molar-refractivity contribution >= 4 is 17.7 Å². The molecule has 0 spiro atoms. The van der Waals surface area contributed by atoms with Gasteiger partial charge in [-0.25, -0.2) is 0 Å². The lowest BCUT2D eigenvalue weighted by Crippen LogP contribution is -2.35. The predicted octanol–water partition coefficient (Wildman–Crippen LogP) is 0.702. The summed E-state index contributed by atoms with van der Waals surface area (Å²) in [6.45, 7) is 3.23. The Morgan fingerprint density at radius 3 is 2.00 bits per heavy atom. The third-order valence-corrected chi connectivity index (χ3v) is 6.36. The summed E-state index contributed by atoms with van der Waals surface area (Å²) in [4.78, 5) is 38.2. The Labute approximate surface area is 182 Å². The minimum Gasteiger partial charge on any atom is -0.377 e. The molecule has 4 rings (SSSR count). The molecule has 1 heterocycles. The molecule has 3 aliphatic carbocycles. The third kappa shape index (κ3) is 4.97. The number of allylic oxidation sites excluding steroid dienone is 4. The number of hydrogen-bond donors (Lipinski definition) is 1. The first kappa shape index (κ1) is 21.9. The normalized spacial score (nSPS) is 28.3. The molecular formula is C23H30N2O6. The highest BCUT2D eigenvalue weighted by molar-refractivity contribution is 6.06. The fraction of sp³-hybridized carbons (Fsp3) is 0.609. The second kappa shape index (κ2) is 10.3. The lowest BCUT2D eigenvalue weighted by Gasteiger charge is -2.17. The van der Waals surface area contributed by atoms with Crippen molar-refractivity contribution < 1.29 is 28.6 Å². The fourth-order valence-corrected chi connectivity index (χ4v) is 4.85. The van der Waals surface area contributed by atoms with Gasteiger partial charge in [0, 0.05) is 6.54 Å². The number of imide groups is 1. The Morgan fingerprint density at radius 1 is 0.839 bits per heavy atom. The zero-order valence-corrected chi connectivity index (χ0v) is 17.6. The molecule has 3 amide bonds. The van der Waals surface area contributed by atoms with Crippen LogP contribution in [0.4, 0.5) is 0 Å². The average molecular weight is 431 g/mol.